The van der Waals surface area contributed by atoms with Crippen LogP contribution in [0.25, 0.3) is 11.3 Å². The highest BCUT2D eigenvalue weighted by atomic mass is 32.1. The number of aromatic nitrogens is 2. The van der Waals surface area contributed by atoms with E-state index in [1.54, 1.807) is 18.4 Å². The number of pyridine rings is 1. The quantitative estimate of drug-likeness (QED) is 0.459. The predicted molar refractivity (Wildman–Crippen MR) is 118 cm³/mol. The van der Waals surface area contributed by atoms with Crippen LogP contribution in [0.4, 0.5) is 11.5 Å². The molecule has 1 saturated heterocycles. The van der Waals surface area contributed by atoms with E-state index in [1.807, 2.05) is 34.5 Å². The fourth-order valence-electron chi connectivity index (χ4n) is 3.77. The van der Waals surface area contributed by atoms with Crippen molar-refractivity contribution in [3.63, 3.8) is 0 Å². The van der Waals surface area contributed by atoms with Crippen molar-refractivity contribution in [1.82, 2.24) is 9.97 Å². The normalized spacial score (nSPS) is 14.4. The number of anilines is 1. The minimum absolute atomic E-state index is 0.0698. The van der Waals surface area contributed by atoms with E-state index in [0.29, 0.717) is 24.8 Å². The zero-order chi connectivity index (χ0) is 22.0. The second-order valence-corrected chi connectivity index (χ2v) is 8.11. The van der Waals surface area contributed by atoms with Crippen molar-refractivity contribution < 1.29 is 14.5 Å². The molecule has 1 aliphatic rings. The number of hydrogen-bond donors (Lipinski definition) is 1. The summed E-state index contributed by atoms with van der Waals surface area (Å²) in [6.07, 6.45) is 2.82. The van der Waals surface area contributed by atoms with Crippen LogP contribution in [-0.2, 0) is 0 Å². The third-order valence-corrected chi connectivity index (χ3v) is 6.38. The van der Waals surface area contributed by atoms with E-state index >= 15 is 0 Å². The molecule has 3 aromatic rings. The molecule has 31 heavy (non-hydrogen) atoms. The molecule has 0 radical (unpaired) electrons. The number of rotatable bonds is 6. The zero-order valence-electron chi connectivity index (χ0n) is 16.9. The summed E-state index contributed by atoms with van der Waals surface area (Å²) < 4.78 is 5.44. The van der Waals surface area contributed by atoms with Crippen LogP contribution >= 0.6 is 11.3 Å². The molecule has 10 heteroatoms. The summed E-state index contributed by atoms with van der Waals surface area (Å²) in [4.78, 5) is 33.2. The number of nitrogens with zero attached hydrogens (tertiary/aromatic N) is 4. The number of methoxy groups -OCH3 is 1. The molecule has 0 saturated carbocycles. The number of piperidine rings is 1. The Morgan fingerprint density at radius 1 is 1.32 bits per heavy atom. The molecule has 1 amide bonds. The summed E-state index contributed by atoms with van der Waals surface area (Å²) >= 11 is 1.63. The van der Waals surface area contributed by atoms with Crippen LogP contribution in [0.2, 0.25) is 0 Å². The van der Waals surface area contributed by atoms with E-state index in [9.17, 15) is 14.9 Å². The lowest BCUT2D eigenvalue weighted by Gasteiger charge is -2.32. The Kier molecular flexibility index (Phi) is 5.81. The molecule has 2 aromatic heterocycles. The predicted octanol–water partition coefficient (Wildman–Crippen LogP) is 3.60. The van der Waals surface area contributed by atoms with E-state index in [2.05, 4.69) is 4.98 Å². The molecule has 0 aliphatic carbocycles. The van der Waals surface area contributed by atoms with Gasteiger partial charge in [-0.3, -0.25) is 14.9 Å². The van der Waals surface area contributed by atoms with Crippen molar-refractivity contribution in [1.29, 1.82) is 0 Å². The molecule has 1 fully saturated rings. The second kappa shape index (κ2) is 8.68. The first-order valence-corrected chi connectivity index (χ1v) is 10.6. The summed E-state index contributed by atoms with van der Waals surface area (Å²) in [5, 5.41) is 14.1. The lowest BCUT2D eigenvalue weighted by molar-refractivity contribution is -0.385. The average molecular weight is 439 g/mol. The summed E-state index contributed by atoms with van der Waals surface area (Å²) in [5.41, 5.74) is 7.12. The first kappa shape index (κ1) is 20.7. The number of carbonyl (C=O) groups is 1. The van der Waals surface area contributed by atoms with Gasteiger partial charge in [0.25, 0.3) is 11.6 Å². The van der Waals surface area contributed by atoms with Crippen LogP contribution in [0, 0.1) is 10.1 Å². The van der Waals surface area contributed by atoms with Gasteiger partial charge in [0.2, 0.25) is 0 Å². The standard InChI is InChI=1S/C21H21N5O4S/c1-30-18-5-3-2-4-15(18)17-12-31-21(24-17)13-6-8-25(9-7-13)20-16(19(22)27)10-14(11-23-20)26(28)29/h2-5,10-13H,6-9H2,1H3,(H2,22,27). The first-order chi connectivity index (χ1) is 15.0. The van der Waals surface area contributed by atoms with Crippen LogP contribution in [0.5, 0.6) is 5.75 Å². The Labute approximate surface area is 182 Å². The average Bonchev–Trinajstić information content (AvgIpc) is 3.28. The highest BCUT2D eigenvalue weighted by Gasteiger charge is 2.27. The molecule has 4 rings (SSSR count). The highest BCUT2D eigenvalue weighted by molar-refractivity contribution is 7.10. The van der Waals surface area contributed by atoms with Crippen molar-refractivity contribution in [3.05, 3.63) is 62.6 Å². The molecule has 0 unspecified atom stereocenters. The van der Waals surface area contributed by atoms with Crippen molar-refractivity contribution in [2.45, 2.75) is 18.8 Å². The van der Waals surface area contributed by atoms with Gasteiger partial charge in [-0.25, -0.2) is 9.97 Å². The third kappa shape index (κ3) is 4.19. The third-order valence-electron chi connectivity index (χ3n) is 5.38. The lowest BCUT2D eigenvalue weighted by atomic mass is 9.97. The smallest absolute Gasteiger partial charge is 0.288 e. The topological polar surface area (TPSA) is 124 Å². The van der Waals surface area contributed by atoms with Gasteiger partial charge in [-0.15, -0.1) is 11.3 Å². The molecular formula is C21H21N5O4S. The number of nitro groups is 1. The molecule has 9 nitrogen and oxygen atoms in total. The summed E-state index contributed by atoms with van der Waals surface area (Å²) in [6.45, 7) is 1.30. The monoisotopic (exact) mass is 439 g/mol. The van der Waals surface area contributed by atoms with E-state index in [-0.39, 0.29) is 11.3 Å². The Morgan fingerprint density at radius 2 is 2.06 bits per heavy atom. The van der Waals surface area contributed by atoms with Gasteiger partial charge in [0.05, 0.1) is 28.3 Å². The molecule has 0 bridgehead atoms. The number of para-hydroxylation sites is 1. The van der Waals surface area contributed by atoms with E-state index in [0.717, 1.165) is 41.1 Å². The van der Waals surface area contributed by atoms with Gasteiger partial charge in [0, 0.05) is 36.0 Å². The summed E-state index contributed by atoms with van der Waals surface area (Å²) in [7, 11) is 1.65. The molecular weight excluding hydrogens is 418 g/mol. The van der Waals surface area contributed by atoms with Gasteiger partial charge in [0.15, 0.2) is 0 Å². The highest BCUT2D eigenvalue weighted by Crippen LogP contribution is 2.36. The van der Waals surface area contributed by atoms with Crippen LogP contribution in [-0.4, -0.2) is 41.0 Å². The summed E-state index contributed by atoms with van der Waals surface area (Å²) in [6, 6.07) is 8.99. The number of hydrogen-bond acceptors (Lipinski definition) is 8. The number of benzene rings is 1. The molecule has 160 valence electrons. The maximum absolute atomic E-state index is 11.8. The van der Waals surface area contributed by atoms with Crippen LogP contribution < -0.4 is 15.4 Å². The number of ether oxygens (including phenoxy) is 1. The maximum atomic E-state index is 11.8. The lowest BCUT2D eigenvalue weighted by Crippen LogP contribution is -2.35. The number of nitrogens with two attached hydrogens (primary N) is 1. The van der Waals surface area contributed by atoms with E-state index in [4.69, 9.17) is 15.5 Å². The second-order valence-electron chi connectivity index (χ2n) is 7.22. The van der Waals surface area contributed by atoms with Gasteiger partial charge in [-0.1, -0.05) is 12.1 Å². The van der Waals surface area contributed by atoms with Crippen molar-refractivity contribution in [3.8, 4) is 17.0 Å². The molecule has 3 heterocycles. The summed E-state index contributed by atoms with van der Waals surface area (Å²) in [5.74, 6) is 0.747. The van der Waals surface area contributed by atoms with E-state index in [1.165, 1.54) is 6.07 Å². The number of amides is 1. The number of thiazole rings is 1. The van der Waals surface area contributed by atoms with Crippen LogP contribution in [0.1, 0.15) is 34.1 Å². The van der Waals surface area contributed by atoms with Crippen LogP contribution in [0.15, 0.2) is 41.9 Å². The van der Waals surface area contributed by atoms with Gasteiger partial charge >= 0.3 is 0 Å². The van der Waals surface area contributed by atoms with Crippen LogP contribution in [0.3, 0.4) is 0 Å². The number of carbonyl (C=O) groups excluding carboxylic acids is 1. The Hall–Kier alpha value is -3.53. The minimum Gasteiger partial charge on any atom is -0.496 e. The molecule has 0 spiro atoms. The van der Waals surface area contributed by atoms with E-state index < -0.39 is 10.8 Å². The van der Waals surface area contributed by atoms with Crippen molar-refractivity contribution in [2.24, 2.45) is 5.73 Å². The van der Waals surface area contributed by atoms with Gasteiger partial charge in [-0.2, -0.15) is 0 Å². The molecule has 1 aliphatic heterocycles. The molecule has 2 N–H and O–H groups in total. The number of primary amides is 1. The minimum atomic E-state index is -0.727. The Morgan fingerprint density at radius 3 is 2.74 bits per heavy atom. The van der Waals surface area contributed by atoms with Gasteiger partial charge in [0.1, 0.15) is 17.8 Å². The Bertz CT molecular complexity index is 1120. The van der Waals surface area contributed by atoms with Gasteiger partial charge in [-0.05, 0) is 25.0 Å². The fraction of sp³-hybridized carbons (Fsp3) is 0.286. The largest absolute Gasteiger partial charge is 0.496 e. The molecule has 0 atom stereocenters. The van der Waals surface area contributed by atoms with Crippen molar-refractivity contribution >= 4 is 28.7 Å². The Balaban J connectivity index is 1.49. The van der Waals surface area contributed by atoms with Gasteiger partial charge < -0.3 is 15.4 Å². The maximum Gasteiger partial charge on any atom is 0.288 e. The fourth-order valence-corrected chi connectivity index (χ4v) is 4.76. The zero-order valence-corrected chi connectivity index (χ0v) is 17.7. The van der Waals surface area contributed by atoms with Crippen molar-refractivity contribution in [2.75, 3.05) is 25.1 Å². The first-order valence-electron chi connectivity index (χ1n) is 9.76. The molecule has 1 aromatic carbocycles. The SMILES string of the molecule is COc1ccccc1-c1csc(C2CCN(c3ncc([N+](=O)[O-])cc3C(N)=O)CC2)n1.